The maximum atomic E-state index is 11.1. The van der Waals surface area contributed by atoms with E-state index in [1.54, 1.807) is 6.92 Å². The second-order valence-electron chi connectivity index (χ2n) is 6.55. The van der Waals surface area contributed by atoms with E-state index < -0.39 is 0 Å². The highest BCUT2D eigenvalue weighted by atomic mass is 16.1. The molecule has 0 radical (unpaired) electrons. The van der Waals surface area contributed by atoms with Gasteiger partial charge in [-0.05, 0) is 32.6 Å². The molecule has 0 aliphatic carbocycles. The van der Waals surface area contributed by atoms with Gasteiger partial charge in [0.1, 0.15) is 13.1 Å². The summed E-state index contributed by atoms with van der Waals surface area (Å²) in [6, 6.07) is 0. The molecule has 0 spiro atoms. The lowest BCUT2D eigenvalue weighted by Gasteiger charge is -2.33. The molecular weight excluding hydrogens is 286 g/mol. The Balaban J connectivity index is 2.30. The molecule has 0 aromatic rings. The highest BCUT2D eigenvalue weighted by molar-refractivity contribution is 5.77. The highest BCUT2D eigenvalue weighted by Crippen LogP contribution is 2.19. The SMILES string of the molecule is CCCC/C=C/CCCCC1=NCC[N+]1(CC)CCNC(C)=O. The van der Waals surface area contributed by atoms with Crippen LogP contribution in [0.2, 0.25) is 0 Å². The molecule has 0 saturated heterocycles. The molecule has 23 heavy (non-hydrogen) atoms. The average Bonchev–Trinajstić information content (AvgIpc) is 2.93. The molecule has 1 amide bonds. The topological polar surface area (TPSA) is 41.5 Å². The quantitative estimate of drug-likeness (QED) is 0.332. The number of aliphatic imine (C=N–C) groups is 1. The van der Waals surface area contributed by atoms with Crippen LogP contribution in [0.3, 0.4) is 0 Å². The molecule has 1 rings (SSSR count). The van der Waals surface area contributed by atoms with Crippen molar-refractivity contribution in [1.82, 2.24) is 5.32 Å². The summed E-state index contributed by atoms with van der Waals surface area (Å²) in [7, 11) is 0. The monoisotopic (exact) mass is 322 g/mol. The molecule has 0 aromatic heterocycles. The summed E-state index contributed by atoms with van der Waals surface area (Å²) in [6.07, 6.45) is 13.2. The molecular formula is C19H36N3O+. The molecule has 1 aliphatic rings. The molecule has 4 heteroatoms. The van der Waals surface area contributed by atoms with Crippen LogP contribution in [0.25, 0.3) is 0 Å². The van der Waals surface area contributed by atoms with Crippen molar-refractivity contribution in [3.63, 3.8) is 0 Å². The Bertz CT molecular complexity index is 403. The first-order valence-corrected chi connectivity index (χ1v) is 9.44. The van der Waals surface area contributed by atoms with Gasteiger partial charge in [-0.3, -0.25) is 9.28 Å². The number of rotatable bonds is 12. The summed E-state index contributed by atoms with van der Waals surface area (Å²) in [5, 5.41) is 2.93. The second-order valence-corrected chi connectivity index (χ2v) is 6.55. The summed E-state index contributed by atoms with van der Waals surface area (Å²) in [5.74, 6) is 1.42. The van der Waals surface area contributed by atoms with Gasteiger partial charge in [-0.25, -0.2) is 4.99 Å². The fourth-order valence-corrected chi connectivity index (χ4v) is 3.25. The van der Waals surface area contributed by atoms with Gasteiger partial charge in [0, 0.05) is 13.3 Å². The standard InChI is InChI=1S/C19H35N3O/c1-4-6-7-8-9-10-11-12-13-19-21-15-17-22(19,5-2)16-14-20-18(3)23/h8-9H,4-7,10-17H2,1-3H3/p+1/b9-8+. The Kier molecular flexibility index (Phi) is 9.85. The first kappa shape index (κ1) is 19.9. The van der Waals surface area contributed by atoms with Crippen molar-refractivity contribution >= 4 is 11.7 Å². The van der Waals surface area contributed by atoms with E-state index in [0.717, 1.165) is 43.6 Å². The van der Waals surface area contributed by atoms with Crippen molar-refractivity contribution in [2.45, 2.75) is 65.7 Å². The molecule has 1 N–H and O–H groups in total. The third kappa shape index (κ3) is 7.30. The summed E-state index contributed by atoms with van der Waals surface area (Å²) in [5.41, 5.74) is 0. The molecule has 1 aliphatic heterocycles. The summed E-state index contributed by atoms with van der Waals surface area (Å²) in [6.45, 7) is 10.9. The smallest absolute Gasteiger partial charge is 0.217 e. The van der Waals surface area contributed by atoms with Crippen molar-refractivity contribution < 1.29 is 9.28 Å². The van der Waals surface area contributed by atoms with Gasteiger partial charge in [0.2, 0.25) is 5.91 Å². The highest BCUT2D eigenvalue weighted by Gasteiger charge is 2.35. The summed E-state index contributed by atoms with van der Waals surface area (Å²) in [4.78, 5) is 15.8. The van der Waals surface area contributed by atoms with Gasteiger partial charge in [-0.1, -0.05) is 31.9 Å². The Morgan fingerprint density at radius 2 is 1.96 bits per heavy atom. The Morgan fingerprint density at radius 1 is 1.22 bits per heavy atom. The van der Waals surface area contributed by atoms with Crippen LogP contribution in [0.1, 0.15) is 65.7 Å². The van der Waals surface area contributed by atoms with Gasteiger partial charge >= 0.3 is 0 Å². The van der Waals surface area contributed by atoms with Crippen LogP contribution < -0.4 is 5.32 Å². The zero-order valence-electron chi connectivity index (χ0n) is 15.4. The van der Waals surface area contributed by atoms with Crippen molar-refractivity contribution in [3.8, 4) is 0 Å². The number of hydrogen-bond donors (Lipinski definition) is 1. The fourth-order valence-electron chi connectivity index (χ4n) is 3.25. The Labute approximate surface area is 142 Å². The number of nitrogens with one attached hydrogen (secondary N) is 1. The second kappa shape index (κ2) is 11.4. The van der Waals surface area contributed by atoms with Crippen molar-refractivity contribution in [1.29, 1.82) is 0 Å². The van der Waals surface area contributed by atoms with Crippen LogP contribution in [0.15, 0.2) is 17.1 Å². The van der Waals surface area contributed by atoms with Crippen molar-refractivity contribution in [2.75, 3.05) is 32.7 Å². The lowest BCUT2D eigenvalue weighted by atomic mass is 10.1. The van der Waals surface area contributed by atoms with E-state index in [0.29, 0.717) is 0 Å². The van der Waals surface area contributed by atoms with E-state index in [1.165, 1.54) is 44.4 Å². The van der Waals surface area contributed by atoms with Crippen LogP contribution in [-0.4, -0.2) is 48.9 Å². The molecule has 0 bridgehead atoms. The third-order valence-electron chi connectivity index (χ3n) is 4.80. The number of unbranched alkanes of at least 4 members (excludes halogenated alkanes) is 4. The number of allylic oxidation sites excluding steroid dienone is 2. The Morgan fingerprint density at radius 3 is 2.61 bits per heavy atom. The lowest BCUT2D eigenvalue weighted by Crippen LogP contribution is -2.54. The van der Waals surface area contributed by atoms with Gasteiger partial charge in [-0.2, -0.15) is 0 Å². The summed E-state index contributed by atoms with van der Waals surface area (Å²) < 4.78 is 0.979. The number of quaternary nitrogens is 1. The first-order chi connectivity index (χ1) is 11.1. The molecule has 132 valence electrons. The third-order valence-corrected chi connectivity index (χ3v) is 4.80. The zero-order chi connectivity index (χ0) is 17.0. The van der Waals surface area contributed by atoms with Gasteiger partial charge in [0.25, 0.3) is 0 Å². The van der Waals surface area contributed by atoms with E-state index in [1.807, 2.05) is 0 Å². The minimum absolute atomic E-state index is 0.0619. The van der Waals surface area contributed by atoms with E-state index in [9.17, 15) is 4.79 Å². The molecule has 4 nitrogen and oxygen atoms in total. The number of amides is 1. The van der Waals surface area contributed by atoms with E-state index >= 15 is 0 Å². The largest absolute Gasteiger partial charge is 0.351 e. The van der Waals surface area contributed by atoms with Crippen molar-refractivity contribution in [2.24, 2.45) is 4.99 Å². The van der Waals surface area contributed by atoms with Crippen LogP contribution >= 0.6 is 0 Å². The normalized spacial score (nSPS) is 20.9. The number of hydrogen-bond acceptors (Lipinski definition) is 2. The van der Waals surface area contributed by atoms with Crippen LogP contribution in [0, 0.1) is 0 Å². The van der Waals surface area contributed by atoms with E-state index in [2.05, 4.69) is 31.3 Å². The minimum Gasteiger partial charge on any atom is -0.351 e. The summed E-state index contributed by atoms with van der Waals surface area (Å²) >= 11 is 0. The predicted octanol–water partition coefficient (Wildman–Crippen LogP) is 3.68. The van der Waals surface area contributed by atoms with Crippen LogP contribution in [-0.2, 0) is 4.79 Å². The number of likely N-dealkylation sites (N-methyl/N-ethyl adjacent to an activating group) is 1. The number of amidine groups is 1. The Hall–Kier alpha value is -1.16. The van der Waals surface area contributed by atoms with Gasteiger partial charge in [0.15, 0.2) is 5.84 Å². The molecule has 0 saturated carbocycles. The zero-order valence-corrected chi connectivity index (χ0v) is 15.4. The van der Waals surface area contributed by atoms with Gasteiger partial charge < -0.3 is 5.32 Å². The van der Waals surface area contributed by atoms with Gasteiger partial charge in [0.05, 0.1) is 19.6 Å². The van der Waals surface area contributed by atoms with Gasteiger partial charge in [-0.15, -0.1) is 0 Å². The van der Waals surface area contributed by atoms with Crippen molar-refractivity contribution in [3.05, 3.63) is 12.2 Å². The average molecular weight is 323 g/mol. The molecule has 1 heterocycles. The van der Waals surface area contributed by atoms with E-state index in [-0.39, 0.29) is 5.91 Å². The van der Waals surface area contributed by atoms with Crippen LogP contribution in [0.5, 0.6) is 0 Å². The van der Waals surface area contributed by atoms with E-state index in [4.69, 9.17) is 4.99 Å². The maximum Gasteiger partial charge on any atom is 0.217 e. The number of carbonyl (C=O) groups excluding carboxylic acids is 1. The fraction of sp³-hybridized carbons (Fsp3) is 0.789. The first-order valence-electron chi connectivity index (χ1n) is 9.44. The number of carbonyl (C=O) groups is 1. The minimum atomic E-state index is 0.0619. The lowest BCUT2D eigenvalue weighted by molar-refractivity contribution is -0.833. The predicted molar refractivity (Wildman–Crippen MR) is 98.7 cm³/mol. The number of nitrogens with zero attached hydrogens (tertiary/aromatic N) is 2. The molecule has 1 atom stereocenters. The molecule has 0 fully saturated rings. The van der Waals surface area contributed by atoms with Crippen LogP contribution in [0.4, 0.5) is 0 Å². The maximum absolute atomic E-state index is 11.1. The molecule has 1 unspecified atom stereocenters. The molecule has 0 aromatic carbocycles.